The number of carbonyl (C=O) groups excluding carboxylic acids is 4. The van der Waals surface area contributed by atoms with Crippen LogP contribution in [0.5, 0.6) is 5.75 Å². The lowest BCUT2D eigenvalue weighted by Crippen LogP contribution is -2.34. The van der Waals surface area contributed by atoms with Crippen LogP contribution in [0.2, 0.25) is 0 Å². The van der Waals surface area contributed by atoms with Crippen molar-refractivity contribution in [3.63, 3.8) is 0 Å². The lowest BCUT2D eigenvalue weighted by Gasteiger charge is -2.18. The van der Waals surface area contributed by atoms with E-state index < -0.39 is 25.6 Å². The van der Waals surface area contributed by atoms with Crippen LogP contribution in [0.25, 0.3) is 21.9 Å². The molecule has 3 heterocycles. The number of aromatic nitrogens is 3. The van der Waals surface area contributed by atoms with Gasteiger partial charge in [0, 0.05) is 49.6 Å². The number of anilines is 1. The summed E-state index contributed by atoms with van der Waals surface area (Å²) in [4.78, 5) is 81.3. The van der Waals surface area contributed by atoms with Crippen molar-refractivity contribution >= 4 is 59.3 Å². The van der Waals surface area contributed by atoms with E-state index in [1.165, 1.54) is 0 Å². The number of fused-ring (bicyclic) bond motifs is 3. The van der Waals surface area contributed by atoms with Crippen LogP contribution in [0.4, 0.5) is 5.82 Å². The second kappa shape index (κ2) is 13.8. The van der Waals surface area contributed by atoms with E-state index in [0.29, 0.717) is 47.0 Å². The Morgan fingerprint density at radius 1 is 1.06 bits per heavy atom. The number of benzene rings is 2. The molecular weight excluding hydrogens is 667 g/mol. The molecule has 5 N–H and O–H groups in total. The van der Waals surface area contributed by atoms with Crippen molar-refractivity contribution in [1.82, 2.24) is 24.9 Å². The van der Waals surface area contributed by atoms with Crippen molar-refractivity contribution < 1.29 is 42.9 Å². The molecule has 1 saturated carbocycles. The van der Waals surface area contributed by atoms with Crippen LogP contribution in [0.15, 0.2) is 36.4 Å². The lowest BCUT2D eigenvalue weighted by molar-refractivity contribution is -0.197. The number of phosphoric ester groups is 1. The summed E-state index contributed by atoms with van der Waals surface area (Å²) in [6.07, 6.45) is 3.81. The van der Waals surface area contributed by atoms with Crippen molar-refractivity contribution in [2.75, 3.05) is 12.3 Å². The quantitative estimate of drug-likeness (QED) is 0.109. The molecule has 2 fully saturated rings. The van der Waals surface area contributed by atoms with E-state index in [1.54, 1.807) is 19.1 Å². The van der Waals surface area contributed by atoms with Crippen molar-refractivity contribution in [1.29, 1.82) is 0 Å². The van der Waals surface area contributed by atoms with E-state index in [1.807, 2.05) is 18.2 Å². The highest BCUT2D eigenvalue weighted by atomic mass is 31.2. The minimum atomic E-state index is -4.71. The highest BCUT2D eigenvalue weighted by Gasteiger charge is 2.44. The Morgan fingerprint density at radius 3 is 2.46 bits per heavy atom. The number of carbonyl (C=O) groups is 4. The fraction of sp³-hybridized carbons (Fsp3) is 0.412. The maximum absolute atomic E-state index is 12.7. The van der Waals surface area contributed by atoms with Gasteiger partial charge in [0.15, 0.2) is 5.82 Å². The zero-order valence-corrected chi connectivity index (χ0v) is 28.7. The first-order chi connectivity index (χ1) is 23.8. The molecule has 0 atom stereocenters. The number of nitrogens with zero attached hydrogens (tertiary/aromatic N) is 4. The standard InChI is InChI=1S/C34H39N6O9P/c1-3-4-5-26-38-31-32(39(26)18-21-6-9-25(20(2)16-21)49-50(45,46)47)23-17-22(7-8-24(23)37-33(31)35)34(14-15-34)19-36-27(41)10-13-30(44)48-40-28(42)11-12-29(40)43/h6-9,16-17H,3-5,10-15,18-19H2,1-2H3,(H2,35,37)(H,36,41)(H2,45,46,47). The van der Waals surface area contributed by atoms with Gasteiger partial charge in [-0.1, -0.05) is 31.5 Å². The van der Waals surface area contributed by atoms with Crippen LogP contribution in [0.3, 0.4) is 0 Å². The predicted octanol–water partition coefficient (Wildman–Crippen LogP) is 3.87. The lowest BCUT2D eigenvalue weighted by atomic mass is 9.94. The van der Waals surface area contributed by atoms with E-state index in [4.69, 9.17) is 20.1 Å². The van der Waals surface area contributed by atoms with Gasteiger partial charge in [0.2, 0.25) is 5.91 Å². The van der Waals surface area contributed by atoms with E-state index in [0.717, 1.165) is 53.5 Å². The number of nitrogen functional groups attached to an aromatic ring is 1. The third-order valence-corrected chi connectivity index (χ3v) is 9.61. The number of phosphoric acid groups is 1. The Balaban J connectivity index is 1.24. The molecule has 0 spiro atoms. The first kappa shape index (κ1) is 35.0. The number of nitrogens with one attached hydrogen (secondary N) is 1. The molecule has 264 valence electrons. The minimum Gasteiger partial charge on any atom is -0.404 e. The van der Waals surface area contributed by atoms with Gasteiger partial charge in [-0.2, -0.15) is 0 Å². The molecule has 1 aliphatic carbocycles. The zero-order valence-electron chi connectivity index (χ0n) is 27.8. The second-order valence-electron chi connectivity index (χ2n) is 12.9. The molecule has 1 aliphatic heterocycles. The van der Waals surface area contributed by atoms with Crippen LogP contribution < -0.4 is 15.6 Å². The monoisotopic (exact) mass is 706 g/mol. The molecule has 50 heavy (non-hydrogen) atoms. The number of hydroxylamine groups is 2. The maximum atomic E-state index is 12.7. The van der Waals surface area contributed by atoms with E-state index in [-0.39, 0.29) is 42.8 Å². The number of imide groups is 1. The third-order valence-electron chi connectivity index (χ3n) is 9.18. The molecule has 2 aromatic heterocycles. The fourth-order valence-electron chi connectivity index (χ4n) is 6.30. The fourth-order valence-corrected chi connectivity index (χ4v) is 6.76. The normalized spacial score (nSPS) is 15.6. The summed E-state index contributed by atoms with van der Waals surface area (Å²) in [5.41, 5.74) is 10.7. The second-order valence-corrected chi connectivity index (χ2v) is 14.1. The molecule has 0 bridgehead atoms. The number of rotatable bonds is 14. The number of unbranched alkanes of at least 4 members (excludes halogenated alkanes) is 1. The van der Waals surface area contributed by atoms with Gasteiger partial charge in [-0.3, -0.25) is 24.2 Å². The first-order valence-electron chi connectivity index (χ1n) is 16.5. The molecule has 0 radical (unpaired) electrons. The molecule has 2 aliphatic rings. The number of imidazole rings is 1. The summed E-state index contributed by atoms with van der Waals surface area (Å²) in [6.45, 7) is 4.59. The maximum Gasteiger partial charge on any atom is 0.524 e. The van der Waals surface area contributed by atoms with Gasteiger partial charge in [-0.05, 0) is 61.1 Å². The van der Waals surface area contributed by atoms with Gasteiger partial charge in [0.05, 0.1) is 17.5 Å². The smallest absolute Gasteiger partial charge is 0.404 e. The number of hydrogen-bond donors (Lipinski definition) is 4. The van der Waals surface area contributed by atoms with E-state index in [2.05, 4.69) is 27.9 Å². The Hall–Kier alpha value is -4.85. The Labute approximate surface area is 287 Å². The summed E-state index contributed by atoms with van der Waals surface area (Å²) >= 11 is 0. The highest BCUT2D eigenvalue weighted by molar-refractivity contribution is 7.46. The van der Waals surface area contributed by atoms with Crippen LogP contribution >= 0.6 is 7.82 Å². The number of nitrogens with two attached hydrogens (primary N) is 1. The number of aryl methyl sites for hydroxylation is 2. The van der Waals surface area contributed by atoms with Gasteiger partial charge < -0.3 is 25.0 Å². The number of amides is 3. The third kappa shape index (κ3) is 7.49. The van der Waals surface area contributed by atoms with Crippen molar-refractivity contribution in [2.24, 2.45) is 0 Å². The molecular formula is C34H39N6O9P. The summed E-state index contributed by atoms with van der Waals surface area (Å²) in [7, 11) is -4.71. The van der Waals surface area contributed by atoms with E-state index >= 15 is 0 Å². The average molecular weight is 707 g/mol. The van der Waals surface area contributed by atoms with Crippen molar-refractivity contribution in [3.05, 3.63) is 58.9 Å². The topological polar surface area (TPSA) is 216 Å². The molecule has 16 heteroatoms. The van der Waals surface area contributed by atoms with Gasteiger partial charge in [0.25, 0.3) is 11.8 Å². The molecule has 15 nitrogen and oxygen atoms in total. The highest BCUT2D eigenvalue weighted by Crippen LogP contribution is 2.49. The largest absolute Gasteiger partial charge is 0.524 e. The van der Waals surface area contributed by atoms with Gasteiger partial charge in [0.1, 0.15) is 17.1 Å². The average Bonchev–Trinajstić information content (AvgIpc) is 3.69. The SMILES string of the molecule is CCCCc1nc2c(N)nc3ccc(C4(CNC(=O)CCC(=O)ON5C(=O)CCC5=O)CC4)cc3c2n1Cc1ccc(OP(=O)(O)O)c(C)c1. The predicted molar refractivity (Wildman–Crippen MR) is 181 cm³/mol. The Morgan fingerprint density at radius 2 is 1.80 bits per heavy atom. The molecule has 6 rings (SSSR count). The van der Waals surface area contributed by atoms with Crippen LogP contribution in [-0.4, -0.2) is 59.6 Å². The molecule has 0 unspecified atom stereocenters. The Kier molecular flexibility index (Phi) is 9.67. The van der Waals surface area contributed by atoms with Crippen molar-refractivity contribution in [3.8, 4) is 5.75 Å². The van der Waals surface area contributed by atoms with Crippen molar-refractivity contribution in [2.45, 2.75) is 83.6 Å². The van der Waals surface area contributed by atoms with Crippen LogP contribution in [0.1, 0.15) is 80.8 Å². The van der Waals surface area contributed by atoms with Gasteiger partial charge >= 0.3 is 13.8 Å². The minimum absolute atomic E-state index is 0.00590. The van der Waals surface area contributed by atoms with Gasteiger partial charge in [-0.25, -0.2) is 19.3 Å². The Bertz CT molecular complexity index is 2050. The zero-order chi connectivity index (χ0) is 35.8. The van der Waals surface area contributed by atoms with Gasteiger partial charge in [-0.15, -0.1) is 5.06 Å². The summed E-state index contributed by atoms with van der Waals surface area (Å²) in [6, 6.07) is 11.1. The number of hydrogen-bond acceptors (Lipinski definition) is 10. The number of pyridine rings is 1. The molecule has 4 aromatic rings. The van der Waals surface area contributed by atoms with Crippen LogP contribution in [-0.2, 0) is 47.0 Å². The molecule has 3 amide bonds. The van der Waals surface area contributed by atoms with Crippen LogP contribution in [0, 0.1) is 6.92 Å². The first-order valence-corrected chi connectivity index (χ1v) is 18.1. The van der Waals surface area contributed by atoms with E-state index in [9.17, 15) is 33.5 Å². The molecule has 2 aromatic carbocycles. The molecule has 1 saturated heterocycles. The summed E-state index contributed by atoms with van der Waals surface area (Å²) < 4.78 is 18.4. The summed E-state index contributed by atoms with van der Waals surface area (Å²) in [5, 5.41) is 4.26. The summed E-state index contributed by atoms with van der Waals surface area (Å²) in [5.74, 6) is -1.08.